The Bertz CT molecular complexity index is 538. The van der Waals surface area contributed by atoms with Gasteiger partial charge in [0.05, 0.1) is 0 Å². The molecule has 0 atom stereocenters. The Morgan fingerprint density at radius 3 is 2.73 bits per heavy atom. The van der Waals surface area contributed by atoms with E-state index in [9.17, 15) is 4.79 Å². The number of hydrogen-bond acceptors (Lipinski definition) is 1. The molecule has 2 aromatic rings. The molecule has 1 saturated carbocycles. The number of carbonyl (C=O) groups is 1. The van der Waals surface area contributed by atoms with Gasteiger partial charge in [0.1, 0.15) is 5.69 Å². The van der Waals surface area contributed by atoms with Crippen LogP contribution in [0.25, 0.3) is 10.9 Å². The fourth-order valence-corrected chi connectivity index (χ4v) is 2.15. The Hall–Kier alpha value is -1.77. The van der Waals surface area contributed by atoms with E-state index in [-0.39, 0.29) is 5.91 Å². The van der Waals surface area contributed by atoms with Gasteiger partial charge in [-0.05, 0) is 30.4 Å². The van der Waals surface area contributed by atoms with Gasteiger partial charge >= 0.3 is 0 Å². The number of rotatable bonds is 2. The summed E-state index contributed by atoms with van der Waals surface area (Å²) in [5.41, 5.74) is 8.10. The summed E-state index contributed by atoms with van der Waals surface area (Å²) in [6.45, 7) is 0. The minimum absolute atomic E-state index is 0.354. The second-order valence-corrected chi connectivity index (χ2v) is 4.10. The van der Waals surface area contributed by atoms with Crippen LogP contribution in [0.1, 0.15) is 34.8 Å². The number of hydrogen-bond donors (Lipinski definition) is 2. The SMILES string of the molecule is NC(=O)c1[nH]c2ccccc2c1C1CC1. The summed E-state index contributed by atoms with van der Waals surface area (Å²) < 4.78 is 0. The number of primary amides is 1. The van der Waals surface area contributed by atoms with Gasteiger partial charge in [-0.3, -0.25) is 4.79 Å². The maximum Gasteiger partial charge on any atom is 0.265 e. The van der Waals surface area contributed by atoms with Crippen molar-refractivity contribution in [2.45, 2.75) is 18.8 Å². The zero-order chi connectivity index (χ0) is 10.4. The summed E-state index contributed by atoms with van der Waals surface area (Å²) in [5, 5.41) is 1.15. The summed E-state index contributed by atoms with van der Waals surface area (Å²) in [6.07, 6.45) is 2.34. The number of fused-ring (bicyclic) bond motifs is 1. The van der Waals surface area contributed by atoms with E-state index in [2.05, 4.69) is 4.98 Å². The fraction of sp³-hybridized carbons (Fsp3) is 0.250. The van der Waals surface area contributed by atoms with Gasteiger partial charge in [-0.25, -0.2) is 0 Å². The number of benzene rings is 1. The van der Waals surface area contributed by atoms with Gasteiger partial charge in [0.15, 0.2) is 0 Å². The highest BCUT2D eigenvalue weighted by molar-refractivity contribution is 6.00. The van der Waals surface area contributed by atoms with Crippen LogP contribution in [0.5, 0.6) is 0 Å². The normalized spacial score (nSPS) is 15.7. The van der Waals surface area contributed by atoms with Crippen molar-refractivity contribution in [3.63, 3.8) is 0 Å². The van der Waals surface area contributed by atoms with Crippen molar-refractivity contribution in [1.82, 2.24) is 4.98 Å². The third-order valence-corrected chi connectivity index (χ3v) is 2.98. The van der Waals surface area contributed by atoms with E-state index in [1.807, 2.05) is 24.3 Å². The quantitative estimate of drug-likeness (QED) is 0.766. The molecule has 1 aliphatic carbocycles. The van der Waals surface area contributed by atoms with Crippen LogP contribution in [0, 0.1) is 0 Å². The molecule has 0 spiro atoms. The van der Waals surface area contributed by atoms with Gasteiger partial charge in [0.2, 0.25) is 0 Å². The summed E-state index contributed by atoms with van der Waals surface area (Å²) in [7, 11) is 0. The molecular formula is C12H12N2O. The first-order chi connectivity index (χ1) is 7.27. The van der Waals surface area contributed by atoms with E-state index in [0.29, 0.717) is 11.6 Å². The van der Waals surface area contributed by atoms with Gasteiger partial charge in [0.25, 0.3) is 5.91 Å². The monoisotopic (exact) mass is 200 g/mol. The summed E-state index contributed by atoms with van der Waals surface area (Å²) in [4.78, 5) is 14.4. The van der Waals surface area contributed by atoms with E-state index < -0.39 is 0 Å². The molecule has 1 aromatic heterocycles. The van der Waals surface area contributed by atoms with Gasteiger partial charge < -0.3 is 10.7 Å². The van der Waals surface area contributed by atoms with E-state index in [1.54, 1.807) is 0 Å². The van der Waals surface area contributed by atoms with Gasteiger partial charge in [0, 0.05) is 10.9 Å². The molecule has 3 rings (SSSR count). The largest absolute Gasteiger partial charge is 0.364 e. The smallest absolute Gasteiger partial charge is 0.265 e. The zero-order valence-electron chi connectivity index (χ0n) is 8.29. The van der Waals surface area contributed by atoms with Crippen LogP contribution in [-0.2, 0) is 0 Å². The van der Waals surface area contributed by atoms with E-state index >= 15 is 0 Å². The molecule has 0 radical (unpaired) electrons. The molecule has 0 bridgehead atoms. The molecule has 3 heteroatoms. The summed E-state index contributed by atoms with van der Waals surface area (Å²) in [5.74, 6) is 0.178. The molecular weight excluding hydrogens is 188 g/mol. The molecule has 1 heterocycles. The Kier molecular flexibility index (Phi) is 1.63. The lowest BCUT2D eigenvalue weighted by Gasteiger charge is -1.97. The van der Waals surface area contributed by atoms with Crippen molar-refractivity contribution in [2.75, 3.05) is 0 Å². The fourth-order valence-electron chi connectivity index (χ4n) is 2.15. The van der Waals surface area contributed by atoms with Crippen LogP contribution in [0.4, 0.5) is 0 Å². The van der Waals surface area contributed by atoms with E-state index in [4.69, 9.17) is 5.73 Å². The number of aromatic amines is 1. The molecule has 3 nitrogen and oxygen atoms in total. The number of para-hydroxylation sites is 1. The second-order valence-electron chi connectivity index (χ2n) is 4.10. The average molecular weight is 200 g/mol. The van der Waals surface area contributed by atoms with Crippen LogP contribution in [0.3, 0.4) is 0 Å². The highest BCUT2D eigenvalue weighted by Crippen LogP contribution is 2.44. The van der Waals surface area contributed by atoms with E-state index in [1.165, 1.54) is 12.8 Å². The first-order valence-electron chi connectivity index (χ1n) is 5.18. The van der Waals surface area contributed by atoms with Crippen molar-refractivity contribution in [3.8, 4) is 0 Å². The molecule has 0 saturated heterocycles. The standard InChI is InChI=1S/C12H12N2O/c13-12(15)11-10(7-5-6-7)8-3-1-2-4-9(8)14-11/h1-4,7,14H,5-6H2,(H2,13,15). The second kappa shape index (κ2) is 2.86. The van der Waals surface area contributed by atoms with Crippen molar-refractivity contribution in [1.29, 1.82) is 0 Å². The first-order valence-corrected chi connectivity index (χ1v) is 5.18. The predicted octanol–water partition coefficient (Wildman–Crippen LogP) is 2.14. The van der Waals surface area contributed by atoms with Crippen LogP contribution < -0.4 is 5.73 Å². The third-order valence-electron chi connectivity index (χ3n) is 2.98. The van der Waals surface area contributed by atoms with Gasteiger partial charge in [-0.15, -0.1) is 0 Å². The molecule has 0 aliphatic heterocycles. The lowest BCUT2D eigenvalue weighted by molar-refractivity contribution is 0.0995. The van der Waals surface area contributed by atoms with Crippen molar-refractivity contribution >= 4 is 16.8 Å². The molecule has 1 fully saturated rings. The van der Waals surface area contributed by atoms with Crippen LogP contribution in [0.15, 0.2) is 24.3 Å². The molecule has 3 N–H and O–H groups in total. The number of nitrogens with two attached hydrogens (primary N) is 1. The average Bonchev–Trinajstić information content (AvgIpc) is 2.98. The van der Waals surface area contributed by atoms with E-state index in [0.717, 1.165) is 16.5 Å². The highest BCUT2D eigenvalue weighted by atomic mass is 16.1. The molecule has 15 heavy (non-hydrogen) atoms. The Labute approximate surface area is 87.3 Å². The summed E-state index contributed by atoms with van der Waals surface area (Å²) >= 11 is 0. The van der Waals surface area contributed by atoms with Gasteiger partial charge in [-0.1, -0.05) is 18.2 Å². The predicted molar refractivity (Wildman–Crippen MR) is 58.8 cm³/mol. The highest BCUT2D eigenvalue weighted by Gasteiger charge is 2.30. The lowest BCUT2D eigenvalue weighted by Crippen LogP contribution is -2.13. The number of carbonyl (C=O) groups excluding carboxylic acids is 1. The Balaban J connectivity index is 2.33. The van der Waals surface area contributed by atoms with Gasteiger partial charge in [-0.2, -0.15) is 0 Å². The van der Waals surface area contributed by atoms with Crippen molar-refractivity contribution in [3.05, 3.63) is 35.5 Å². The minimum atomic E-state index is -0.354. The first kappa shape index (κ1) is 8.53. The third kappa shape index (κ3) is 1.23. The number of H-pyrrole nitrogens is 1. The maximum atomic E-state index is 11.3. The topological polar surface area (TPSA) is 58.9 Å². The Morgan fingerprint density at radius 2 is 2.07 bits per heavy atom. The lowest BCUT2D eigenvalue weighted by atomic mass is 10.1. The minimum Gasteiger partial charge on any atom is -0.364 e. The van der Waals surface area contributed by atoms with Crippen LogP contribution in [0.2, 0.25) is 0 Å². The number of amides is 1. The van der Waals surface area contributed by atoms with Crippen molar-refractivity contribution < 1.29 is 4.79 Å². The van der Waals surface area contributed by atoms with Crippen molar-refractivity contribution in [2.24, 2.45) is 5.73 Å². The summed E-state index contributed by atoms with van der Waals surface area (Å²) in [6, 6.07) is 7.98. The van der Waals surface area contributed by atoms with Crippen LogP contribution >= 0.6 is 0 Å². The molecule has 1 amide bonds. The molecule has 1 aliphatic rings. The zero-order valence-corrected chi connectivity index (χ0v) is 8.29. The number of nitrogens with one attached hydrogen (secondary N) is 1. The van der Waals surface area contributed by atoms with Crippen LogP contribution in [-0.4, -0.2) is 10.9 Å². The number of aromatic nitrogens is 1. The molecule has 1 aromatic carbocycles. The molecule has 76 valence electrons. The Morgan fingerprint density at radius 1 is 1.33 bits per heavy atom. The maximum absolute atomic E-state index is 11.3. The molecule has 0 unspecified atom stereocenters.